The minimum Gasteiger partial charge on any atom is -0.286 e. The lowest BCUT2D eigenvalue weighted by molar-refractivity contribution is 0.163. The molecule has 0 N–H and O–H groups in total. The third-order valence-electron chi connectivity index (χ3n) is 6.92. The molecule has 5 rings (SSSR count). The van der Waals surface area contributed by atoms with E-state index in [-0.39, 0.29) is 6.04 Å². The summed E-state index contributed by atoms with van der Waals surface area (Å²) >= 11 is 0. The van der Waals surface area contributed by atoms with Gasteiger partial charge in [-0.25, -0.2) is 9.97 Å². The van der Waals surface area contributed by atoms with E-state index >= 15 is 0 Å². The van der Waals surface area contributed by atoms with E-state index in [0.29, 0.717) is 0 Å². The second kappa shape index (κ2) is 12.9. The molecule has 0 bridgehead atoms. The molecule has 0 unspecified atom stereocenters. The van der Waals surface area contributed by atoms with Gasteiger partial charge in [-0.3, -0.25) is 4.90 Å². The van der Waals surface area contributed by atoms with Crippen LogP contribution in [0.25, 0.3) is 22.6 Å². The maximum Gasteiger partial charge on any atom is 0.160 e. The molecule has 1 atom stereocenters. The van der Waals surface area contributed by atoms with Gasteiger partial charge in [0.25, 0.3) is 0 Å². The SMILES string of the molecule is CCCC[C@@H](c1cc(-c2ccccc2)nc(-c2ccccc2)n1)N(Cc1ccccc1)Cc1ccccc1. The third-order valence-corrected chi connectivity index (χ3v) is 6.92. The van der Waals surface area contributed by atoms with Crippen LogP contribution in [-0.2, 0) is 13.1 Å². The van der Waals surface area contributed by atoms with Gasteiger partial charge in [0.15, 0.2) is 5.82 Å². The van der Waals surface area contributed by atoms with E-state index in [2.05, 4.69) is 133 Å². The molecule has 38 heavy (non-hydrogen) atoms. The molecule has 1 aromatic heterocycles. The maximum absolute atomic E-state index is 5.23. The molecule has 4 aromatic carbocycles. The fourth-order valence-corrected chi connectivity index (χ4v) is 4.94. The van der Waals surface area contributed by atoms with Crippen molar-refractivity contribution in [1.82, 2.24) is 14.9 Å². The molecule has 0 aliphatic rings. The Hall–Kier alpha value is -4.08. The second-order valence-electron chi connectivity index (χ2n) is 9.77. The van der Waals surface area contributed by atoms with E-state index < -0.39 is 0 Å². The van der Waals surface area contributed by atoms with Crippen molar-refractivity contribution in [3.8, 4) is 22.6 Å². The summed E-state index contributed by atoms with van der Waals surface area (Å²) in [6.07, 6.45) is 3.31. The standard InChI is InChI=1S/C35H35N3/c1-2-3-24-34(38(26-28-16-8-4-9-17-28)27-29-18-10-5-11-19-29)33-25-32(30-20-12-6-13-21-30)36-35(37-33)31-22-14-7-15-23-31/h4-23,25,34H,2-3,24,26-27H2,1H3/t34-/m0/s1. The fraction of sp³-hybridized carbons (Fsp3) is 0.200. The second-order valence-corrected chi connectivity index (χ2v) is 9.77. The first-order chi connectivity index (χ1) is 18.8. The van der Waals surface area contributed by atoms with Crippen molar-refractivity contribution < 1.29 is 0 Å². The highest BCUT2D eigenvalue weighted by molar-refractivity contribution is 5.64. The van der Waals surface area contributed by atoms with Gasteiger partial charge in [-0.05, 0) is 23.6 Å². The Morgan fingerprint density at radius 2 is 1.11 bits per heavy atom. The summed E-state index contributed by atoms with van der Waals surface area (Å²) in [7, 11) is 0. The molecule has 0 saturated heterocycles. The number of hydrogen-bond donors (Lipinski definition) is 0. The van der Waals surface area contributed by atoms with Gasteiger partial charge in [-0.15, -0.1) is 0 Å². The summed E-state index contributed by atoms with van der Waals surface area (Å²) in [5, 5.41) is 0. The van der Waals surface area contributed by atoms with Crippen molar-refractivity contribution in [2.45, 2.75) is 45.3 Å². The Kier molecular flexibility index (Phi) is 8.70. The summed E-state index contributed by atoms with van der Waals surface area (Å²) < 4.78 is 0. The normalized spacial score (nSPS) is 11.9. The molecule has 0 aliphatic carbocycles. The minimum atomic E-state index is 0.156. The summed E-state index contributed by atoms with van der Waals surface area (Å²) in [6.45, 7) is 3.98. The first-order valence-corrected chi connectivity index (χ1v) is 13.6. The number of rotatable bonds is 11. The molecular weight excluding hydrogens is 462 g/mol. The summed E-state index contributed by atoms with van der Waals surface area (Å²) in [4.78, 5) is 12.9. The van der Waals surface area contributed by atoms with Crippen molar-refractivity contribution in [2.24, 2.45) is 0 Å². The predicted octanol–water partition coefficient (Wildman–Crippen LogP) is 8.74. The first-order valence-electron chi connectivity index (χ1n) is 13.6. The fourth-order valence-electron chi connectivity index (χ4n) is 4.94. The van der Waals surface area contributed by atoms with Crippen LogP contribution in [0.1, 0.15) is 49.0 Å². The molecule has 0 amide bonds. The van der Waals surface area contributed by atoms with Crippen LogP contribution < -0.4 is 0 Å². The van der Waals surface area contributed by atoms with E-state index in [1.54, 1.807) is 0 Å². The number of unbranched alkanes of at least 4 members (excludes halogenated alkanes) is 1. The molecule has 3 heteroatoms. The monoisotopic (exact) mass is 497 g/mol. The highest BCUT2D eigenvalue weighted by Crippen LogP contribution is 2.32. The van der Waals surface area contributed by atoms with Gasteiger partial charge in [0, 0.05) is 24.2 Å². The highest BCUT2D eigenvalue weighted by atomic mass is 15.2. The van der Waals surface area contributed by atoms with E-state index in [1.165, 1.54) is 11.1 Å². The summed E-state index contributed by atoms with van der Waals surface area (Å²) in [5.41, 5.74) is 6.82. The van der Waals surface area contributed by atoms with Gasteiger partial charge in [-0.2, -0.15) is 0 Å². The topological polar surface area (TPSA) is 29.0 Å². The van der Waals surface area contributed by atoms with Crippen molar-refractivity contribution in [3.05, 3.63) is 144 Å². The average molecular weight is 498 g/mol. The molecule has 5 aromatic rings. The van der Waals surface area contributed by atoms with Crippen LogP contribution in [0.5, 0.6) is 0 Å². The average Bonchev–Trinajstić information content (AvgIpc) is 2.99. The van der Waals surface area contributed by atoms with Gasteiger partial charge >= 0.3 is 0 Å². The Labute approximate surface area is 226 Å². The zero-order chi connectivity index (χ0) is 26.0. The van der Waals surface area contributed by atoms with Crippen LogP contribution in [-0.4, -0.2) is 14.9 Å². The zero-order valence-electron chi connectivity index (χ0n) is 22.1. The predicted molar refractivity (Wildman–Crippen MR) is 157 cm³/mol. The van der Waals surface area contributed by atoms with Crippen LogP contribution in [0, 0.1) is 0 Å². The molecule has 0 radical (unpaired) electrons. The van der Waals surface area contributed by atoms with Gasteiger partial charge in [0.1, 0.15) is 0 Å². The lowest BCUT2D eigenvalue weighted by atomic mass is 10.00. The van der Waals surface area contributed by atoms with Crippen molar-refractivity contribution in [3.63, 3.8) is 0 Å². The van der Waals surface area contributed by atoms with Crippen LogP contribution >= 0.6 is 0 Å². The summed E-state index contributed by atoms with van der Waals surface area (Å²) in [5.74, 6) is 0.780. The van der Waals surface area contributed by atoms with Gasteiger partial charge < -0.3 is 0 Å². The van der Waals surface area contributed by atoms with Crippen molar-refractivity contribution in [2.75, 3.05) is 0 Å². The third kappa shape index (κ3) is 6.62. The van der Waals surface area contributed by atoms with Crippen LogP contribution in [0.4, 0.5) is 0 Å². The lowest BCUT2D eigenvalue weighted by Crippen LogP contribution is -2.29. The quantitative estimate of drug-likeness (QED) is 0.183. The molecule has 3 nitrogen and oxygen atoms in total. The van der Waals surface area contributed by atoms with E-state index in [1.807, 2.05) is 6.07 Å². The van der Waals surface area contributed by atoms with E-state index in [9.17, 15) is 0 Å². The molecule has 0 aliphatic heterocycles. The minimum absolute atomic E-state index is 0.156. The summed E-state index contributed by atoms with van der Waals surface area (Å²) in [6, 6.07) is 44.7. The Morgan fingerprint density at radius 3 is 1.63 bits per heavy atom. The largest absolute Gasteiger partial charge is 0.286 e. The number of nitrogens with zero attached hydrogens (tertiary/aromatic N) is 3. The van der Waals surface area contributed by atoms with E-state index in [0.717, 1.165) is 60.7 Å². The van der Waals surface area contributed by atoms with Crippen LogP contribution in [0.2, 0.25) is 0 Å². The van der Waals surface area contributed by atoms with Gasteiger partial charge in [0.2, 0.25) is 0 Å². The Balaban J connectivity index is 1.62. The Bertz CT molecular complexity index is 1290. The molecule has 190 valence electrons. The molecule has 0 spiro atoms. The molecule has 1 heterocycles. The maximum atomic E-state index is 5.23. The highest BCUT2D eigenvalue weighted by Gasteiger charge is 2.24. The smallest absolute Gasteiger partial charge is 0.160 e. The van der Waals surface area contributed by atoms with Crippen LogP contribution in [0.15, 0.2) is 127 Å². The van der Waals surface area contributed by atoms with E-state index in [4.69, 9.17) is 9.97 Å². The lowest BCUT2D eigenvalue weighted by Gasteiger charge is -2.32. The number of benzene rings is 4. The van der Waals surface area contributed by atoms with Crippen LogP contribution in [0.3, 0.4) is 0 Å². The molecular formula is C35H35N3. The number of hydrogen-bond acceptors (Lipinski definition) is 3. The van der Waals surface area contributed by atoms with Gasteiger partial charge in [-0.1, -0.05) is 141 Å². The van der Waals surface area contributed by atoms with Crippen molar-refractivity contribution in [1.29, 1.82) is 0 Å². The number of aromatic nitrogens is 2. The first kappa shape index (κ1) is 25.6. The van der Waals surface area contributed by atoms with Gasteiger partial charge in [0.05, 0.1) is 17.4 Å². The zero-order valence-corrected chi connectivity index (χ0v) is 22.1. The Morgan fingerprint density at radius 1 is 0.605 bits per heavy atom. The molecule has 0 fully saturated rings. The van der Waals surface area contributed by atoms with Crippen molar-refractivity contribution >= 4 is 0 Å². The molecule has 0 saturated carbocycles.